The molecule has 1 aliphatic heterocycles. The number of hydrogen-bond donors (Lipinski definition) is 0. The van der Waals surface area contributed by atoms with Gasteiger partial charge in [0.1, 0.15) is 0 Å². The molecule has 0 saturated heterocycles. The van der Waals surface area contributed by atoms with Crippen molar-refractivity contribution >= 4 is 5.91 Å². The average Bonchev–Trinajstić information content (AvgIpc) is 2.98. The molecule has 0 bridgehead atoms. The summed E-state index contributed by atoms with van der Waals surface area (Å²) in [6.45, 7) is 2.88. The Morgan fingerprint density at radius 2 is 1.36 bits per heavy atom. The molecule has 0 radical (unpaired) electrons. The average molecular weight is 534 g/mol. The summed E-state index contributed by atoms with van der Waals surface area (Å²) in [4.78, 5) is 15.5. The van der Waals surface area contributed by atoms with E-state index in [9.17, 15) is 4.79 Å². The van der Waals surface area contributed by atoms with Gasteiger partial charge < -0.3 is 14.4 Å². The van der Waals surface area contributed by atoms with E-state index in [1.54, 1.807) is 14.2 Å². The molecule has 1 atom stereocenters. The largest absolute Gasteiger partial charge is 0.493 e. The van der Waals surface area contributed by atoms with Gasteiger partial charge in [-0.2, -0.15) is 0 Å². The highest BCUT2D eigenvalue weighted by molar-refractivity contribution is 5.77. The Bertz CT molecular complexity index is 1000. The fourth-order valence-electron chi connectivity index (χ4n) is 5.64. The molecule has 214 valence electrons. The number of unbranched alkanes of at least 4 members (excludes halogenated alkanes) is 11. The molecule has 0 spiro atoms. The third kappa shape index (κ3) is 10.1. The van der Waals surface area contributed by atoms with Crippen LogP contribution in [0.3, 0.4) is 0 Å². The summed E-state index contributed by atoms with van der Waals surface area (Å²) in [6.07, 6.45) is 22.6. The van der Waals surface area contributed by atoms with Crippen LogP contribution in [-0.4, -0.2) is 25.0 Å². The lowest BCUT2D eigenvalue weighted by molar-refractivity contribution is -0.135. The van der Waals surface area contributed by atoms with Crippen molar-refractivity contribution in [1.29, 1.82) is 0 Å². The molecule has 1 heterocycles. The summed E-state index contributed by atoms with van der Waals surface area (Å²) in [5.74, 6) is 1.72. The molecular weight excluding hydrogens is 482 g/mol. The van der Waals surface area contributed by atoms with Crippen molar-refractivity contribution in [1.82, 2.24) is 4.90 Å². The van der Waals surface area contributed by atoms with Gasteiger partial charge in [-0.1, -0.05) is 101 Å². The SMILES string of the molecule is CCCCCCCC/C=C\CCCCCCCC(=O)N1Cc2cc(OC)c(OC)cc2CC1c1ccccc1. The third-order valence-electron chi connectivity index (χ3n) is 7.99. The summed E-state index contributed by atoms with van der Waals surface area (Å²) >= 11 is 0. The van der Waals surface area contributed by atoms with Gasteiger partial charge in [-0.3, -0.25) is 4.79 Å². The molecule has 0 fully saturated rings. The standard InChI is InChI=1S/C35H51NO3/c1-4-5-6-7-8-9-10-11-12-13-14-15-16-17-21-24-35(37)36-28-31-27-34(39-3)33(38-2)26-30(31)25-32(36)29-22-19-18-20-23-29/h11-12,18-20,22-23,26-27,32H,4-10,13-17,21,24-25,28H2,1-3H3/b12-11-. The van der Waals surface area contributed by atoms with Gasteiger partial charge in [-0.25, -0.2) is 0 Å². The topological polar surface area (TPSA) is 38.8 Å². The zero-order chi connectivity index (χ0) is 27.7. The highest BCUT2D eigenvalue weighted by atomic mass is 16.5. The summed E-state index contributed by atoms with van der Waals surface area (Å²) < 4.78 is 11.1. The first kappa shape index (κ1) is 30.8. The van der Waals surface area contributed by atoms with E-state index >= 15 is 0 Å². The molecule has 0 aromatic heterocycles. The van der Waals surface area contributed by atoms with E-state index in [0.29, 0.717) is 13.0 Å². The van der Waals surface area contributed by atoms with E-state index in [1.807, 2.05) is 12.1 Å². The van der Waals surface area contributed by atoms with Gasteiger partial charge in [0.05, 0.1) is 20.3 Å². The highest BCUT2D eigenvalue weighted by Gasteiger charge is 2.31. The number of hydrogen-bond acceptors (Lipinski definition) is 3. The molecular formula is C35H51NO3. The second-order valence-corrected chi connectivity index (χ2v) is 11.0. The van der Waals surface area contributed by atoms with E-state index < -0.39 is 0 Å². The van der Waals surface area contributed by atoms with Crippen molar-refractivity contribution in [3.8, 4) is 11.5 Å². The molecule has 2 aromatic carbocycles. The van der Waals surface area contributed by atoms with E-state index in [2.05, 4.69) is 54.3 Å². The number of fused-ring (bicyclic) bond motifs is 1. The van der Waals surface area contributed by atoms with E-state index in [4.69, 9.17) is 9.47 Å². The van der Waals surface area contributed by atoms with Crippen LogP contribution in [-0.2, 0) is 17.8 Å². The zero-order valence-corrected chi connectivity index (χ0v) is 24.8. The normalized spacial score (nSPS) is 14.9. The number of allylic oxidation sites excluding steroid dienone is 2. The monoisotopic (exact) mass is 533 g/mol. The van der Waals surface area contributed by atoms with Crippen LogP contribution in [0.15, 0.2) is 54.6 Å². The number of amides is 1. The van der Waals surface area contributed by atoms with Gasteiger partial charge in [0.25, 0.3) is 0 Å². The molecule has 0 aliphatic carbocycles. The summed E-state index contributed by atoms with van der Waals surface area (Å²) in [5.41, 5.74) is 3.57. The van der Waals surface area contributed by atoms with Crippen LogP contribution < -0.4 is 9.47 Å². The molecule has 39 heavy (non-hydrogen) atoms. The van der Waals surface area contributed by atoms with Gasteiger partial charge in [0.2, 0.25) is 5.91 Å². The van der Waals surface area contributed by atoms with Crippen molar-refractivity contribution < 1.29 is 14.3 Å². The molecule has 2 aromatic rings. The third-order valence-corrected chi connectivity index (χ3v) is 7.99. The summed E-state index contributed by atoms with van der Waals surface area (Å²) in [6, 6.07) is 14.6. The van der Waals surface area contributed by atoms with Crippen molar-refractivity contribution in [2.24, 2.45) is 0 Å². The van der Waals surface area contributed by atoms with Gasteiger partial charge in [0.15, 0.2) is 11.5 Å². The van der Waals surface area contributed by atoms with Crippen LogP contribution in [0.5, 0.6) is 11.5 Å². The smallest absolute Gasteiger partial charge is 0.223 e. The number of nitrogens with zero attached hydrogens (tertiary/aromatic N) is 1. The first-order chi connectivity index (χ1) is 19.2. The number of ether oxygens (including phenoxy) is 2. The number of methoxy groups -OCH3 is 2. The van der Waals surface area contributed by atoms with Crippen molar-refractivity contribution in [2.45, 2.75) is 116 Å². The Morgan fingerprint density at radius 3 is 1.97 bits per heavy atom. The van der Waals surface area contributed by atoms with Gasteiger partial charge in [-0.05, 0) is 67.3 Å². The quantitative estimate of drug-likeness (QED) is 0.141. The molecule has 3 rings (SSSR count). The maximum absolute atomic E-state index is 13.5. The zero-order valence-electron chi connectivity index (χ0n) is 24.8. The lowest BCUT2D eigenvalue weighted by Gasteiger charge is -2.38. The van der Waals surface area contributed by atoms with Crippen LogP contribution in [0, 0.1) is 0 Å². The Hall–Kier alpha value is -2.75. The fourth-order valence-corrected chi connectivity index (χ4v) is 5.64. The van der Waals surface area contributed by atoms with E-state index in [-0.39, 0.29) is 11.9 Å². The Kier molecular flexibility index (Phi) is 14.0. The summed E-state index contributed by atoms with van der Waals surface area (Å²) in [7, 11) is 3.33. The predicted octanol–water partition coefficient (Wildman–Crippen LogP) is 9.37. The molecule has 0 N–H and O–H groups in total. The number of rotatable bonds is 18. The van der Waals surface area contributed by atoms with E-state index in [1.165, 1.54) is 81.8 Å². The Balaban J connectivity index is 1.41. The summed E-state index contributed by atoms with van der Waals surface area (Å²) in [5, 5.41) is 0. The minimum Gasteiger partial charge on any atom is -0.493 e. The van der Waals surface area contributed by atoms with Crippen LogP contribution in [0.2, 0.25) is 0 Å². The van der Waals surface area contributed by atoms with Crippen molar-refractivity contribution in [2.75, 3.05) is 14.2 Å². The lowest BCUT2D eigenvalue weighted by Crippen LogP contribution is -2.38. The first-order valence-corrected chi connectivity index (χ1v) is 15.4. The highest BCUT2D eigenvalue weighted by Crippen LogP contribution is 2.39. The Morgan fingerprint density at radius 1 is 0.795 bits per heavy atom. The van der Waals surface area contributed by atoms with E-state index in [0.717, 1.165) is 36.3 Å². The second kappa shape index (κ2) is 17.8. The molecule has 4 nitrogen and oxygen atoms in total. The Labute approximate surface area is 237 Å². The maximum Gasteiger partial charge on any atom is 0.223 e. The van der Waals surface area contributed by atoms with Crippen molar-refractivity contribution in [3.05, 3.63) is 71.3 Å². The number of carbonyl (C=O) groups excluding carboxylic acids is 1. The molecule has 4 heteroatoms. The fraction of sp³-hybridized carbons (Fsp3) is 0.571. The predicted molar refractivity (Wildman–Crippen MR) is 162 cm³/mol. The maximum atomic E-state index is 13.5. The lowest BCUT2D eigenvalue weighted by atomic mass is 9.89. The van der Waals surface area contributed by atoms with Gasteiger partial charge in [0, 0.05) is 13.0 Å². The minimum absolute atomic E-state index is 0.0485. The number of benzene rings is 2. The van der Waals surface area contributed by atoms with Gasteiger partial charge >= 0.3 is 0 Å². The van der Waals surface area contributed by atoms with Crippen LogP contribution in [0.25, 0.3) is 0 Å². The molecule has 1 aliphatic rings. The van der Waals surface area contributed by atoms with Crippen LogP contribution >= 0.6 is 0 Å². The second-order valence-electron chi connectivity index (χ2n) is 11.0. The minimum atomic E-state index is 0.0485. The van der Waals surface area contributed by atoms with Crippen molar-refractivity contribution in [3.63, 3.8) is 0 Å². The van der Waals surface area contributed by atoms with Crippen LogP contribution in [0.4, 0.5) is 0 Å². The van der Waals surface area contributed by atoms with Gasteiger partial charge in [-0.15, -0.1) is 0 Å². The molecule has 1 amide bonds. The van der Waals surface area contributed by atoms with Crippen LogP contribution in [0.1, 0.15) is 120 Å². The molecule has 0 saturated carbocycles. The molecule has 1 unspecified atom stereocenters. The number of carbonyl (C=O) groups is 1. The first-order valence-electron chi connectivity index (χ1n) is 15.4.